The second-order valence-electron chi connectivity index (χ2n) is 6.95. The Balaban J connectivity index is 1.83. The molecule has 2 fully saturated rings. The molecule has 0 aromatic heterocycles. The van der Waals surface area contributed by atoms with Gasteiger partial charge in [0.05, 0.1) is 0 Å². The molecule has 2 aliphatic heterocycles. The normalized spacial score (nSPS) is 31.3. The monoisotopic (exact) mass is 252 g/mol. The number of piperidine rings is 1. The van der Waals surface area contributed by atoms with Crippen molar-refractivity contribution in [2.45, 2.75) is 52.9 Å². The molecule has 0 radical (unpaired) electrons. The lowest BCUT2D eigenvalue weighted by Crippen LogP contribution is -2.45. The largest absolute Gasteiger partial charge is 0.316 e. The molecule has 1 N–H and O–H groups in total. The molecule has 0 aliphatic carbocycles. The zero-order valence-corrected chi connectivity index (χ0v) is 12.7. The molecule has 2 nitrogen and oxygen atoms in total. The molecule has 0 spiro atoms. The van der Waals surface area contributed by atoms with Gasteiger partial charge in [-0.25, -0.2) is 0 Å². The van der Waals surface area contributed by atoms with Crippen LogP contribution in [0.1, 0.15) is 52.9 Å². The molecule has 2 aliphatic rings. The fourth-order valence-electron chi connectivity index (χ4n) is 3.86. The third-order valence-corrected chi connectivity index (χ3v) is 5.44. The van der Waals surface area contributed by atoms with Crippen LogP contribution in [-0.4, -0.2) is 37.6 Å². The van der Waals surface area contributed by atoms with Crippen molar-refractivity contribution in [2.24, 2.45) is 17.3 Å². The summed E-state index contributed by atoms with van der Waals surface area (Å²) in [4.78, 5) is 2.75. The molecule has 0 amide bonds. The lowest BCUT2D eigenvalue weighted by atomic mass is 9.75. The molecule has 0 aromatic carbocycles. The minimum Gasteiger partial charge on any atom is -0.316 e. The molecule has 2 rings (SSSR count). The summed E-state index contributed by atoms with van der Waals surface area (Å²) >= 11 is 0. The van der Waals surface area contributed by atoms with Crippen LogP contribution >= 0.6 is 0 Å². The average Bonchev–Trinajstić information content (AvgIpc) is 2.82. The molecule has 2 heteroatoms. The molecule has 0 aromatic rings. The first-order chi connectivity index (χ1) is 8.66. The van der Waals surface area contributed by atoms with Crippen LogP contribution in [0.25, 0.3) is 0 Å². The van der Waals surface area contributed by atoms with Gasteiger partial charge < -0.3 is 10.2 Å². The van der Waals surface area contributed by atoms with E-state index < -0.39 is 0 Å². The van der Waals surface area contributed by atoms with E-state index in [2.05, 4.69) is 31.0 Å². The molecule has 18 heavy (non-hydrogen) atoms. The predicted molar refractivity (Wildman–Crippen MR) is 78.8 cm³/mol. The Morgan fingerprint density at radius 1 is 1.28 bits per heavy atom. The van der Waals surface area contributed by atoms with Gasteiger partial charge in [0.1, 0.15) is 0 Å². The van der Waals surface area contributed by atoms with E-state index in [1.54, 1.807) is 0 Å². The summed E-state index contributed by atoms with van der Waals surface area (Å²) in [5.74, 6) is 1.82. The zero-order valence-electron chi connectivity index (χ0n) is 12.7. The predicted octanol–water partition coefficient (Wildman–Crippen LogP) is 3.13. The molecular formula is C16H32N2. The van der Waals surface area contributed by atoms with Crippen molar-refractivity contribution in [1.29, 1.82) is 0 Å². The Bertz CT molecular complexity index is 235. The number of hydrogen-bond acceptors (Lipinski definition) is 2. The summed E-state index contributed by atoms with van der Waals surface area (Å²) < 4.78 is 0. The van der Waals surface area contributed by atoms with E-state index in [1.807, 2.05) is 0 Å². The van der Waals surface area contributed by atoms with E-state index >= 15 is 0 Å². The van der Waals surface area contributed by atoms with Gasteiger partial charge in [0.2, 0.25) is 0 Å². The van der Waals surface area contributed by atoms with E-state index in [0.717, 1.165) is 11.8 Å². The number of hydrogen-bond donors (Lipinski definition) is 1. The summed E-state index contributed by atoms with van der Waals surface area (Å²) in [5.41, 5.74) is 0.553. The van der Waals surface area contributed by atoms with Crippen LogP contribution < -0.4 is 5.32 Å². The van der Waals surface area contributed by atoms with Crippen molar-refractivity contribution >= 4 is 0 Å². The Kier molecular flexibility index (Phi) is 5.08. The van der Waals surface area contributed by atoms with E-state index in [-0.39, 0.29) is 0 Å². The van der Waals surface area contributed by atoms with E-state index in [0.29, 0.717) is 5.41 Å². The number of rotatable bonds is 5. The lowest BCUT2D eigenvalue weighted by Gasteiger charge is -2.41. The zero-order chi connectivity index (χ0) is 13.0. The minimum atomic E-state index is 0.553. The van der Waals surface area contributed by atoms with Gasteiger partial charge in [-0.1, -0.05) is 33.6 Å². The van der Waals surface area contributed by atoms with Gasteiger partial charge >= 0.3 is 0 Å². The van der Waals surface area contributed by atoms with Crippen LogP contribution in [0, 0.1) is 17.3 Å². The first-order valence-corrected chi connectivity index (χ1v) is 8.09. The van der Waals surface area contributed by atoms with Crippen molar-refractivity contribution in [1.82, 2.24) is 10.2 Å². The van der Waals surface area contributed by atoms with Crippen molar-refractivity contribution in [3.05, 3.63) is 0 Å². The first kappa shape index (κ1) is 14.3. The third-order valence-electron chi connectivity index (χ3n) is 5.44. The number of nitrogens with zero attached hydrogens (tertiary/aromatic N) is 1. The van der Waals surface area contributed by atoms with Gasteiger partial charge in [0.15, 0.2) is 0 Å². The number of likely N-dealkylation sites (tertiary alicyclic amines) is 1. The second-order valence-corrected chi connectivity index (χ2v) is 6.95. The Hall–Kier alpha value is -0.0800. The van der Waals surface area contributed by atoms with Gasteiger partial charge in [-0.05, 0) is 56.1 Å². The second kappa shape index (κ2) is 6.38. The van der Waals surface area contributed by atoms with Crippen LogP contribution in [0.4, 0.5) is 0 Å². The summed E-state index contributed by atoms with van der Waals surface area (Å²) in [5, 5.41) is 3.59. The molecule has 2 heterocycles. The van der Waals surface area contributed by atoms with Crippen LogP contribution in [-0.2, 0) is 0 Å². The van der Waals surface area contributed by atoms with Crippen molar-refractivity contribution in [3.8, 4) is 0 Å². The summed E-state index contributed by atoms with van der Waals surface area (Å²) in [6, 6.07) is 0. The highest BCUT2D eigenvalue weighted by molar-refractivity contribution is 4.93. The van der Waals surface area contributed by atoms with Crippen LogP contribution in [0.5, 0.6) is 0 Å². The van der Waals surface area contributed by atoms with Crippen molar-refractivity contribution in [3.63, 3.8) is 0 Å². The SMILES string of the molecule is CCCC1CCN(CC2(C(C)C)CCNC2)CC1. The third kappa shape index (κ3) is 3.27. The van der Waals surface area contributed by atoms with Crippen LogP contribution in [0.15, 0.2) is 0 Å². The van der Waals surface area contributed by atoms with Crippen LogP contribution in [0.3, 0.4) is 0 Å². The topological polar surface area (TPSA) is 15.3 Å². The number of nitrogens with one attached hydrogen (secondary N) is 1. The lowest BCUT2D eigenvalue weighted by molar-refractivity contribution is 0.0865. The first-order valence-electron chi connectivity index (χ1n) is 8.09. The molecule has 0 bridgehead atoms. The summed E-state index contributed by atoms with van der Waals surface area (Å²) in [6.07, 6.45) is 7.07. The van der Waals surface area contributed by atoms with Crippen molar-refractivity contribution in [2.75, 3.05) is 32.7 Å². The quantitative estimate of drug-likeness (QED) is 0.808. The Morgan fingerprint density at radius 2 is 2.00 bits per heavy atom. The van der Waals surface area contributed by atoms with E-state index in [4.69, 9.17) is 0 Å². The maximum Gasteiger partial charge on any atom is 0.00531 e. The summed E-state index contributed by atoms with van der Waals surface area (Å²) in [6.45, 7) is 13.6. The molecular weight excluding hydrogens is 220 g/mol. The smallest absolute Gasteiger partial charge is 0.00531 e. The highest BCUT2D eigenvalue weighted by Crippen LogP contribution is 2.36. The molecule has 1 atom stereocenters. The van der Waals surface area contributed by atoms with Crippen molar-refractivity contribution < 1.29 is 0 Å². The Labute approximate surface area is 114 Å². The van der Waals surface area contributed by atoms with E-state index in [9.17, 15) is 0 Å². The van der Waals surface area contributed by atoms with Gasteiger partial charge in [-0.2, -0.15) is 0 Å². The molecule has 1 unspecified atom stereocenters. The summed E-state index contributed by atoms with van der Waals surface area (Å²) in [7, 11) is 0. The van der Waals surface area contributed by atoms with Crippen LogP contribution in [0.2, 0.25) is 0 Å². The maximum absolute atomic E-state index is 3.59. The molecule has 106 valence electrons. The molecule has 2 saturated heterocycles. The molecule has 0 saturated carbocycles. The average molecular weight is 252 g/mol. The van der Waals surface area contributed by atoms with Gasteiger partial charge in [0.25, 0.3) is 0 Å². The highest BCUT2D eigenvalue weighted by Gasteiger charge is 2.38. The fraction of sp³-hybridized carbons (Fsp3) is 1.00. The van der Waals surface area contributed by atoms with Gasteiger partial charge in [-0.15, -0.1) is 0 Å². The maximum atomic E-state index is 3.59. The highest BCUT2D eigenvalue weighted by atomic mass is 15.1. The van der Waals surface area contributed by atoms with Gasteiger partial charge in [0, 0.05) is 13.1 Å². The standard InChI is InChI=1S/C16H32N2/c1-4-5-15-6-10-18(11-7-15)13-16(14(2)3)8-9-17-12-16/h14-15,17H,4-13H2,1-3H3. The fourth-order valence-corrected chi connectivity index (χ4v) is 3.86. The Morgan fingerprint density at radius 3 is 2.50 bits per heavy atom. The van der Waals surface area contributed by atoms with E-state index in [1.165, 1.54) is 64.8 Å². The minimum absolute atomic E-state index is 0.553. The van der Waals surface area contributed by atoms with Gasteiger partial charge in [-0.3, -0.25) is 0 Å².